The Morgan fingerprint density at radius 2 is 1.18 bits per heavy atom. The molecular weight excluding hydrogens is 492 g/mol. The van der Waals surface area contributed by atoms with Crippen LogP contribution in [0.4, 0.5) is 0 Å². The molecular formula is C36H46O2Si. The molecule has 0 aliphatic heterocycles. The molecule has 0 atom stereocenters. The molecule has 0 heterocycles. The Labute approximate surface area is 238 Å². The highest BCUT2D eigenvalue weighted by molar-refractivity contribution is 6.83. The van der Waals surface area contributed by atoms with Gasteiger partial charge >= 0.3 is 5.97 Å². The summed E-state index contributed by atoms with van der Waals surface area (Å²) >= 11 is 0. The molecule has 0 saturated heterocycles. The van der Waals surface area contributed by atoms with Gasteiger partial charge in [-0.1, -0.05) is 127 Å². The van der Waals surface area contributed by atoms with E-state index in [0.717, 1.165) is 23.1 Å². The maximum Gasteiger partial charge on any atom is 0.343 e. The highest BCUT2D eigenvalue weighted by Gasteiger charge is 2.10. The van der Waals surface area contributed by atoms with Crippen molar-refractivity contribution in [3.05, 3.63) is 89.5 Å². The monoisotopic (exact) mass is 538 g/mol. The molecule has 0 aliphatic carbocycles. The van der Waals surface area contributed by atoms with Crippen LogP contribution in [0.25, 0.3) is 11.1 Å². The third kappa shape index (κ3) is 11.7. The molecule has 0 aliphatic rings. The summed E-state index contributed by atoms with van der Waals surface area (Å²) in [5.74, 6) is 3.39. The number of rotatable bonds is 14. The van der Waals surface area contributed by atoms with Gasteiger partial charge in [0, 0.05) is 5.56 Å². The summed E-state index contributed by atoms with van der Waals surface area (Å²) in [6.45, 7) is 8.93. The van der Waals surface area contributed by atoms with E-state index in [-0.39, 0.29) is 5.97 Å². The van der Waals surface area contributed by atoms with E-state index in [1.165, 1.54) is 69.8 Å². The molecule has 3 aromatic carbocycles. The van der Waals surface area contributed by atoms with Crippen LogP contribution in [0.1, 0.15) is 92.6 Å². The molecule has 0 amide bonds. The number of aryl methyl sites for hydroxylation is 1. The molecule has 0 N–H and O–H groups in total. The summed E-state index contributed by atoms with van der Waals surface area (Å²) in [4.78, 5) is 12.6. The second-order valence-electron chi connectivity index (χ2n) is 11.6. The molecule has 0 spiro atoms. The Morgan fingerprint density at radius 1 is 0.667 bits per heavy atom. The van der Waals surface area contributed by atoms with Gasteiger partial charge in [0.25, 0.3) is 0 Å². The second-order valence-corrected chi connectivity index (χ2v) is 16.4. The molecule has 2 nitrogen and oxygen atoms in total. The summed E-state index contributed by atoms with van der Waals surface area (Å²) < 4.78 is 5.57. The molecule has 3 rings (SSSR count). The van der Waals surface area contributed by atoms with Gasteiger partial charge in [-0.2, -0.15) is 0 Å². The Bertz CT molecular complexity index is 1190. The first-order chi connectivity index (χ1) is 18.8. The zero-order chi connectivity index (χ0) is 27.9. The SMILES string of the molecule is CCCCCCCCCCCCc1ccc(-c2ccc(C(=O)Oc3ccc(C#C[Si](C)(C)C)cc3)cc2)cc1. The van der Waals surface area contributed by atoms with Gasteiger partial charge in [-0.15, -0.1) is 5.54 Å². The average Bonchev–Trinajstić information content (AvgIpc) is 2.94. The summed E-state index contributed by atoms with van der Waals surface area (Å²) in [6, 6.07) is 23.9. The van der Waals surface area contributed by atoms with E-state index >= 15 is 0 Å². The van der Waals surface area contributed by atoms with Crippen LogP contribution in [0.5, 0.6) is 5.75 Å². The van der Waals surface area contributed by atoms with Crippen molar-refractivity contribution in [2.45, 2.75) is 97.2 Å². The topological polar surface area (TPSA) is 26.3 Å². The quantitative estimate of drug-likeness (QED) is 0.0671. The highest BCUT2D eigenvalue weighted by Crippen LogP contribution is 2.22. The normalized spacial score (nSPS) is 11.1. The van der Waals surface area contributed by atoms with Crippen molar-refractivity contribution < 1.29 is 9.53 Å². The van der Waals surface area contributed by atoms with Crippen LogP contribution in [-0.4, -0.2) is 14.0 Å². The number of benzene rings is 3. The minimum Gasteiger partial charge on any atom is -0.423 e. The van der Waals surface area contributed by atoms with Crippen LogP contribution < -0.4 is 4.74 Å². The summed E-state index contributed by atoms with van der Waals surface area (Å²) in [7, 11) is -1.42. The molecule has 3 heteroatoms. The largest absolute Gasteiger partial charge is 0.423 e. The molecule has 0 unspecified atom stereocenters. The predicted octanol–water partition coefficient (Wildman–Crippen LogP) is 10.3. The molecule has 0 radical (unpaired) electrons. The first-order valence-corrected chi connectivity index (χ1v) is 18.4. The van der Waals surface area contributed by atoms with E-state index in [0.29, 0.717) is 11.3 Å². The van der Waals surface area contributed by atoms with Gasteiger partial charge in [-0.05, 0) is 65.9 Å². The third-order valence-corrected chi connectivity index (χ3v) is 7.75. The number of hydrogen-bond acceptors (Lipinski definition) is 2. The van der Waals surface area contributed by atoms with Crippen molar-refractivity contribution in [3.8, 4) is 28.3 Å². The molecule has 0 aromatic heterocycles. The van der Waals surface area contributed by atoms with E-state index in [1.807, 2.05) is 36.4 Å². The Hall–Kier alpha value is -3.09. The lowest BCUT2D eigenvalue weighted by Crippen LogP contribution is -2.16. The Morgan fingerprint density at radius 3 is 1.72 bits per heavy atom. The Kier molecular flexibility index (Phi) is 12.6. The third-order valence-electron chi connectivity index (χ3n) is 6.87. The van der Waals surface area contributed by atoms with E-state index in [1.54, 1.807) is 12.1 Å². The first-order valence-electron chi connectivity index (χ1n) is 14.9. The molecule has 0 bridgehead atoms. The molecule has 39 heavy (non-hydrogen) atoms. The molecule has 0 saturated carbocycles. The lowest BCUT2D eigenvalue weighted by atomic mass is 10.00. The molecule has 206 valence electrons. The maximum atomic E-state index is 12.6. The van der Waals surface area contributed by atoms with Gasteiger partial charge in [0.2, 0.25) is 0 Å². The molecule has 3 aromatic rings. The number of carbonyl (C=O) groups is 1. The second kappa shape index (κ2) is 16.1. The number of esters is 1. The van der Waals surface area contributed by atoms with Crippen LogP contribution in [-0.2, 0) is 6.42 Å². The van der Waals surface area contributed by atoms with Crippen molar-refractivity contribution in [1.82, 2.24) is 0 Å². The van der Waals surface area contributed by atoms with Crippen LogP contribution in [0.15, 0.2) is 72.8 Å². The van der Waals surface area contributed by atoms with Gasteiger partial charge in [0.15, 0.2) is 0 Å². The zero-order valence-electron chi connectivity index (χ0n) is 24.5. The Balaban J connectivity index is 1.41. The number of ether oxygens (including phenoxy) is 1. The fourth-order valence-corrected chi connectivity index (χ4v) is 5.03. The van der Waals surface area contributed by atoms with Crippen molar-refractivity contribution in [2.75, 3.05) is 0 Å². The highest BCUT2D eigenvalue weighted by atomic mass is 28.3. The van der Waals surface area contributed by atoms with Crippen molar-refractivity contribution in [1.29, 1.82) is 0 Å². The van der Waals surface area contributed by atoms with Crippen LogP contribution >= 0.6 is 0 Å². The fraction of sp³-hybridized carbons (Fsp3) is 0.417. The predicted molar refractivity (Wildman–Crippen MR) is 169 cm³/mol. The first kappa shape index (κ1) is 30.4. The van der Waals surface area contributed by atoms with Gasteiger partial charge in [0.05, 0.1) is 5.56 Å². The summed E-state index contributed by atoms with van der Waals surface area (Å²) in [5.41, 5.74) is 8.49. The fourth-order valence-electron chi connectivity index (χ4n) is 4.51. The van der Waals surface area contributed by atoms with Crippen LogP contribution in [0.3, 0.4) is 0 Å². The number of hydrogen-bond donors (Lipinski definition) is 0. The smallest absolute Gasteiger partial charge is 0.343 e. The van der Waals surface area contributed by atoms with Crippen molar-refractivity contribution >= 4 is 14.0 Å². The average molecular weight is 539 g/mol. The van der Waals surface area contributed by atoms with Gasteiger partial charge in [-0.25, -0.2) is 4.79 Å². The maximum absolute atomic E-state index is 12.6. The minimum absolute atomic E-state index is 0.352. The van der Waals surface area contributed by atoms with E-state index < -0.39 is 8.07 Å². The molecule has 0 fully saturated rings. The van der Waals surface area contributed by atoms with E-state index in [4.69, 9.17) is 4.74 Å². The van der Waals surface area contributed by atoms with Crippen LogP contribution in [0, 0.1) is 11.5 Å². The van der Waals surface area contributed by atoms with E-state index in [2.05, 4.69) is 62.3 Å². The summed E-state index contributed by atoms with van der Waals surface area (Å²) in [6.07, 6.45) is 14.8. The number of unbranched alkanes of at least 4 members (excludes halogenated alkanes) is 9. The summed E-state index contributed by atoms with van der Waals surface area (Å²) in [5, 5.41) is 0. The van der Waals surface area contributed by atoms with Crippen LogP contribution in [0.2, 0.25) is 19.6 Å². The lowest BCUT2D eigenvalue weighted by molar-refractivity contribution is 0.0735. The van der Waals surface area contributed by atoms with Gasteiger partial charge in [-0.3, -0.25) is 0 Å². The zero-order valence-corrected chi connectivity index (χ0v) is 25.5. The van der Waals surface area contributed by atoms with E-state index in [9.17, 15) is 4.79 Å². The van der Waals surface area contributed by atoms with Gasteiger partial charge < -0.3 is 4.74 Å². The standard InChI is InChI=1S/C36H46O2Si/c1-5-6-7-8-9-10-11-12-13-14-15-30-16-20-32(21-17-30)33-22-24-34(25-23-33)36(37)38-35-26-18-31(19-27-35)28-29-39(2,3)4/h16-27H,5-15H2,1-4H3. The van der Waals surface area contributed by atoms with Crippen molar-refractivity contribution in [3.63, 3.8) is 0 Å². The number of carbonyl (C=O) groups excluding carboxylic acids is 1. The van der Waals surface area contributed by atoms with Crippen molar-refractivity contribution in [2.24, 2.45) is 0 Å². The minimum atomic E-state index is -1.42. The lowest BCUT2D eigenvalue weighted by Gasteiger charge is -2.07. The van der Waals surface area contributed by atoms with Gasteiger partial charge in [0.1, 0.15) is 13.8 Å².